The second-order valence-corrected chi connectivity index (χ2v) is 4.80. The summed E-state index contributed by atoms with van der Waals surface area (Å²) >= 11 is 0. The average molecular weight is 285 g/mol. The maximum atomic E-state index is 12.5. The summed E-state index contributed by atoms with van der Waals surface area (Å²) in [5, 5.41) is 3.07. The Balaban J connectivity index is 2.08. The number of hydrogen-bond acceptors (Lipinski definition) is 4. The van der Waals surface area contributed by atoms with Gasteiger partial charge >= 0.3 is 5.69 Å². The molecule has 0 aliphatic heterocycles. The van der Waals surface area contributed by atoms with Crippen molar-refractivity contribution in [1.29, 1.82) is 0 Å². The first-order valence-electron chi connectivity index (χ1n) is 6.49. The van der Waals surface area contributed by atoms with Crippen molar-refractivity contribution in [2.45, 2.75) is 6.67 Å². The standard InChI is InChI=1S/C14H15N5O2/c1-17-8-16-12-11(17)13(20)19(14(21)18(12)2)9-15-10-6-4-3-5-7-10/h3-8,15H,9H2,1-2H3. The monoisotopic (exact) mass is 285 g/mol. The summed E-state index contributed by atoms with van der Waals surface area (Å²) in [6, 6.07) is 9.41. The van der Waals surface area contributed by atoms with E-state index in [4.69, 9.17) is 0 Å². The Morgan fingerprint density at radius 1 is 1.14 bits per heavy atom. The molecule has 7 nitrogen and oxygen atoms in total. The molecule has 21 heavy (non-hydrogen) atoms. The van der Waals surface area contributed by atoms with E-state index in [0.717, 1.165) is 10.3 Å². The van der Waals surface area contributed by atoms with Gasteiger partial charge < -0.3 is 9.88 Å². The third-order valence-corrected chi connectivity index (χ3v) is 3.42. The molecule has 0 atom stereocenters. The van der Waals surface area contributed by atoms with Gasteiger partial charge in [0.15, 0.2) is 11.2 Å². The van der Waals surface area contributed by atoms with Crippen LogP contribution in [0.2, 0.25) is 0 Å². The lowest BCUT2D eigenvalue weighted by molar-refractivity contribution is 0.643. The van der Waals surface area contributed by atoms with Crippen LogP contribution in [0.1, 0.15) is 0 Å². The Morgan fingerprint density at radius 3 is 2.57 bits per heavy atom. The zero-order valence-corrected chi connectivity index (χ0v) is 11.8. The Hall–Kier alpha value is -2.83. The quantitative estimate of drug-likeness (QED) is 0.760. The zero-order chi connectivity index (χ0) is 15.0. The van der Waals surface area contributed by atoms with E-state index in [1.165, 1.54) is 10.9 Å². The van der Waals surface area contributed by atoms with Crippen LogP contribution in [0.25, 0.3) is 11.2 Å². The number of nitrogens with one attached hydrogen (secondary N) is 1. The highest BCUT2D eigenvalue weighted by atomic mass is 16.2. The molecular weight excluding hydrogens is 270 g/mol. The summed E-state index contributed by atoms with van der Waals surface area (Å²) in [5.74, 6) is 0. The predicted molar refractivity (Wildman–Crippen MR) is 80.3 cm³/mol. The van der Waals surface area contributed by atoms with Crippen LogP contribution in [0.5, 0.6) is 0 Å². The van der Waals surface area contributed by atoms with Crippen LogP contribution < -0.4 is 16.6 Å². The number of nitrogens with zero attached hydrogens (tertiary/aromatic N) is 4. The molecule has 1 aromatic carbocycles. The van der Waals surface area contributed by atoms with E-state index in [-0.39, 0.29) is 12.2 Å². The van der Waals surface area contributed by atoms with Crippen molar-refractivity contribution in [2.75, 3.05) is 5.32 Å². The van der Waals surface area contributed by atoms with Gasteiger partial charge in [-0.3, -0.25) is 9.36 Å². The van der Waals surface area contributed by atoms with Crippen molar-refractivity contribution in [3.63, 3.8) is 0 Å². The highest BCUT2D eigenvalue weighted by Gasteiger charge is 2.14. The zero-order valence-electron chi connectivity index (χ0n) is 11.8. The summed E-state index contributed by atoms with van der Waals surface area (Å²) in [4.78, 5) is 28.8. The molecule has 0 unspecified atom stereocenters. The molecule has 0 radical (unpaired) electrons. The smallest absolute Gasteiger partial charge is 0.333 e. The van der Waals surface area contributed by atoms with Crippen molar-refractivity contribution in [3.8, 4) is 0 Å². The van der Waals surface area contributed by atoms with E-state index in [1.807, 2.05) is 30.3 Å². The van der Waals surface area contributed by atoms with Crippen LogP contribution in [-0.2, 0) is 20.8 Å². The molecule has 0 spiro atoms. The number of fused-ring (bicyclic) bond motifs is 1. The van der Waals surface area contributed by atoms with Crippen LogP contribution in [0.3, 0.4) is 0 Å². The number of para-hydroxylation sites is 1. The van der Waals surface area contributed by atoms with Crippen LogP contribution in [0.4, 0.5) is 5.69 Å². The van der Waals surface area contributed by atoms with Crippen molar-refractivity contribution in [1.82, 2.24) is 18.7 Å². The predicted octanol–water partition coefficient (Wildman–Crippen LogP) is 0.503. The molecule has 1 N–H and O–H groups in total. The maximum Gasteiger partial charge on any atom is 0.333 e. The van der Waals surface area contributed by atoms with Crippen LogP contribution in [0, 0.1) is 0 Å². The van der Waals surface area contributed by atoms with Crippen molar-refractivity contribution >= 4 is 16.9 Å². The largest absolute Gasteiger partial charge is 0.367 e. The van der Waals surface area contributed by atoms with Crippen LogP contribution >= 0.6 is 0 Å². The topological polar surface area (TPSA) is 73.8 Å². The van der Waals surface area contributed by atoms with Crippen LogP contribution in [-0.4, -0.2) is 18.7 Å². The third-order valence-electron chi connectivity index (χ3n) is 3.42. The summed E-state index contributed by atoms with van der Waals surface area (Å²) in [6.45, 7) is 0.108. The molecule has 0 aliphatic carbocycles. The molecule has 0 saturated heterocycles. The van der Waals surface area contributed by atoms with Crippen LogP contribution in [0.15, 0.2) is 46.2 Å². The van der Waals surface area contributed by atoms with Crippen molar-refractivity contribution < 1.29 is 0 Å². The number of rotatable bonds is 3. The Morgan fingerprint density at radius 2 is 1.86 bits per heavy atom. The van der Waals surface area contributed by atoms with Gasteiger partial charge in [0.2, 0.25) is 0 Å². The maximum absolute atomic E-state index is 12.5. The van der Waals surface area contributed by atoms with Crippen molar-refractivity contribution in [3.05, 3.63) is 57.5 Å². The normalized spacial score (nSPS) is 11.0. The Kier molecular flexibility index (Phi) is 3.09. The van der Waals surface area contributed by atoms with E-state index < -0.39 is 5.69 Å². The minimum absolute atomic E-state index is 0.108. The summed E-state index contributed by atoms with van der Waals surface area (Å²) < 4.78 is 4.16. The fraction of sp³-hybridized carbons (Fsp3) is 0.214. The van der Waals surface area contributed by atoms with Gasteiger partial charge in [0.05, 0.1) is 6.33 Å². The van der Waals surface area contributed by atoms with E-state index in [0.29, 0.717) is 11.2 Å². The highest BCUT2D eigenvalue weighted by molar-refractivity contribution is 5.69. The minimum Gasteiger partial charge on any atom is -0.367 e. The molecule has 3 aromatic rings. The third kappa shape index (κ3) is 2.12. The van der Waals surface area contributed by atoms with Gasteiger partial charge in [-0.2, -0.15) is 0 Å². The summed E-state index contributed by atoms with van der Waals surface area (Å²) in [5.41, 5.74) is 0.901. The van der Waals surface area contributed by atoms with Gasteiger partial charge in [0.1, 0.15) is 6.67 Å². The average Bonchev–Trinajstić information content (AvgIpc) is 2.88. The Labute approximate surface area is 120 Å². The lowest BCUT2D eigenvalue weighted by Crippen LogP contribution is -2.41. The van der Waals surface area contributed by atoms with E-state index >= 15 is 0 Å². The molecule has 3 rings (SSSR count). The second-order valence-electron chi connectivity index (χ2n) is 4.80. The Bertz CT molecular complexity index is 905. The molecule has 0 aliphatic rings. The fourth-order valence-corrected chi connectivity index (χ4v) is 2.26. The number of benzene rings is 1. The molecule has 2 aromatic heterocycles. The molecule has 0 bridgehead atoms. The first-order chi connectivity index (χ1) is 10.1. The number of hydrogen-bond donors (Lipinski definition) is 1. The van der Waals surface area contributed by atoms with E-state index in [1.54, 1.807) is 18.7 Å². The fourth-order valence-electron chi connectivity index (χ4n) is 2.26. The summed E-state index contributed by atoms with van der Waals surface area (Å²) in [7, 11) is 3.34. The summed E-state index contributed by atoms with van der Waals surface area (Å²) in [6.07, 6.45) is 1.53. The SMILES string of the molecule is Cn1cnc2c1c(=O)n(CNc1ccccc1)c(=O)n2C. The molecule has 108 valence electrons. The van der Waals surface area contributed by atoms with Gasteiger partial charge in [-0.15, -0.1) is 0 Å². The highest BCUT2D eigenvalue weighted by Crippen LogP contribution is 2.05. The van der Waals surface area contributed by atoms with Crippen molar-refractivity contribution in [2.24, 2.45) is 14.1 Å². The van der Waals surface area contributed by atoms with Gasteiger partial charge in [-0.1, -0.05) is 18.2 Å². The molecule has 2 heterocycles. The molecule has 7 heteroatoms. The van der Waals surface area contributed by atoms with Gasteiger partial charge in [0.25, 0.3) is 5.56 Å². The van der Waals surface area contributed by atoms with E-state index in [2.05, 4.69) is 10.3 Å². The minimum atomic E-state index is -0.394. The second kappa shape index (κ2) is 4.93. The first kappa shape index (κ1) is 13.2. The number of aromatic nitrogens is 4. The van der Waals surface area contributed by atoms with Gasteiger partial charge in [-0.25, -0.2) is 14.3 Å². The molecular formula is C14H15N5O2. The van der Waals surface area contributed by atoms with Gasteiger partial charge in [0, 0.05) is 19.8 Å². The number of imidazole rings is 1. The van der Waals surface area contributed by atoms with E-state index in [9.17, 15) is 9.59 Å². The molecule has 0 fully saturated rings. The molecule has 0 saturated carbocycles. The molecule has 0 amide bonds. The first-order valence-corrected chi connectivity index (χ1v) is 6.49. The number of aryl methyl sites for hydroxylation is 2. The lowest BCUT2D eigenvalue weighted by atomic mass is 10.3. The lowest BCUT2D eigenvalue weighted by Gasteiger charge is -2.10. The number of anilines is 1. The van der Waals surface area contributed by atoms with Gasteiger partial charge in [-0.05, 0) is 12.1 Å².